The molecule has 100 valence electrons. The van der Waals surface area contributed by atoms with Gasteiger partial charge in [0.1, 0.15) is 0 Å². The second kappa shape index (κ2) is 7.17. The zero-order valence-corrected chi connectivity index (χ0v) is 11.6. The first kappa shape index (κ1) is 14.7. The SMILES string of the molecule is CCC[C@H](N)C(=O)Nc1c(CC)cccc1CC. The van der Waals surface area contributed by atoms with Crippen LogP contribution in [0.2, 0.25) is 0 Å². The van der Waals surface area contributed by atoms with E-state index in [-0.39, 0.29) is 5.91 Å². The van der Waals surface area contributed by atoms with Crippen molar-refractivity contribution in [1.82, 2.24) is 0 Å². The second-order valence-corrected chi connectivity index (χ2v) is 4.54. The summed E-state index contributed by atoms with van der Waals surface area (Å²) in [4.78, 5) is 12.0. The van der Waals surface area contributed by atoms with E-state index in [9.17, 15) is 4.79 Å². The normalized spacial score (nSPS) is 12.2. The minimum absolute atomic E-state index is 0.0764. The van der Waals surface area contributed by atoms with Gasteiger partial charge < -0.3 is 11.1 Å². The second-order valence-electron chi connectivity index (χ2n) is 4.54. The lowest BCUT2D eigenvalue weighted by Gasteiger charge is -2.17. The van der Waals surface area contributed by atoms with Crippen LogP contribution in [0.25, 0.3) is 0 Å². The molecule has 0 aliphatic heterocycles. The third-order valence-electron chi connectivity index (χ3n) is 3.18. The van der Waals surface area contributed by atoms with Crippen LogP contribution in [0.5, 0.6) is 0 Å². The van der Waals surface area contributed by atoms with Gasteiger partial charge in [0.2, 0.25) is 5.91 Å². The maximum Gasteiger partial charge on any atom is 0.241 e. The van der Waals surface area contributed by atoms with E-state index in [0.717, 1.165) is 31.4 Å². The Bertz CT molecular complexity index is 379. The van der Waals surface area contributed by atoms with E-state index >= 15 is 0 Å². The maximum absolute atomic E-state index is 12.0. The quantitative estimate of drug-likeness (QED) is 0.813. The number of benzene rings is 1. The lowest BCUT2D eigenvalue weighted by molar-refractivity contribution is -0.117. The number of carbonyl (C=O) groups excluding carboxylic acids is 1. The van der Waals surface area contributed by atoms with Crippen LogP contribution in [-0.4, -0.2) is 11.9 Å². The van der Waals surface area contributed by atoms with E-state index in [1.54, 1.807) is 0 Å². The predicted octanol–water partition coefficient (Wildman–Crippen LogP) is 2.88. The number of nitrogens with two attached hydrogens (primary N) is 1. The van der Waals surface area contributed by atoms with Crippen molar-refractivity contribution >= 4 is 11.6 Å². The van der Waals surface area contributed by atoms with Gasteiger partial charge in [-0.05, 0) is 30.4 Å². The number of hydrogen-bond acceptors (Lipinski definition) is 2. The third kappa shape index (κ3) is 3.57. The minimum Gasteiger partial charge on any atom is -0.324 e. The van der Waals surface area contributed by atoms with Gasteiger partial charge in [-0.2, -0.15) is 0 Å². The predicted molar refractivity (Wildman–Crippen MR) is 76.7 cm³/mol. The van der Waals surface area contributed by atoms with E-state index in [4.69, 9.17) is 5.73 Å². The van der Waals surface area contributed by atoms with E-state index in [0.29, 0.717) is 0 Å². The zero-order chi connectivity index (χ0) is 13.5. The molecule has 1 amide bonds. The number of amides is 1. The topological polar surface area (TPSA) is 55.1 Å². The van der Waals surface area contributed by atoms with Crippen molar-refractivity contribution in [2.75, 3.05) is 5.32 Å². The molecule has 0 spiro atoms. The number of anilines is 1. The van der Waals surface area contributed by atoms with Crippen molar-refractivity contribution in [1.29, 1.82) is 0 Å². The van der Waals surface area contributed by atoms with Crippen LogP contribution in [0, 0.1) is 0 Å². The summed E-state index contributed by atoms with van der Waals surface area (Å²) >= 11 is 0. The standard InChI is InChI=1S/C15H24N2O/c1-4-8-13(16)15(18)17-14-11(5-2)9-7-10-12(14)6-3/h7,9-10,13H,4-6,8,16H2,1-3H3,(H,17,18)/t13-/m0/s1. The Morgan fingerprint density at radius 3 is 2.22 bits per heavy atom. The van der Waals surface area contributed by atoms with Gasteiger partial charge in [-0.15, -0.1) is 0 Å². The van der Waals surface area contributed by atoms with Gasteiger partial charge in [0.25, 0.3) is 0 Å². The van der Waals surface area contributed by atoms with Crippen molar-refractivity contribution in [3.63, 3.8) is 0 Å². The molecule has 0 saturated heterocycles. The van der Waals surface area contributed by atoms with Gasteiger partial charge in [0.05, 0.1) is 6.04 Å². The van der Waals surface area contributed by atoms with Gasteiger partial charge in [-0.25, -0.2) is 0 Å². The van der Waals surface area contributed by atoms with Crippen LogP contribution in [0.1, 0.15) is 44.7 Å². The Morgan fingerprint density at radius 2 is 1.78 bits per heavy atom. The third-order valence-corrected chi connectivity index (χ3v) is 3.18. The van der Waals surface area contributed by atoms with Crippen molar-refractivity contribution in [2.24, 2.45) is 5.73 Å². The molecule has 1 aromatic carbocycles. The largest absolute Gasteiger partial charge is 0.324 e. The summed E-state index contributed by atoms with van der Waals surface area (Å²) in [5.74, 6) is -0.0764. The van der Waals surface area contributed by atoms with Crippen LogP contribution in [0.3, 0.4) is 0 Å². The van der Waals surface area contributed by atoms with Crippen LogP contribution >= 0.6 is 0 Å². The van der Waals surface area contributed by atoms with Crippen LogP contribution in [-0.2, 0) is 17.6 Å². The molecule has 3 N–H and O–H groups in total. The molecule has 18 heavy (non-hydrogen) atoms. The summed E-state index contributed by atoms with van der Waals surface area (Å²) in [6.45, 7) is 6.22. The lowest BCUT2D eigenvalue weighted by Crippen LogP contribution is -2.35. The molecule has 0 aliphatic carbocycles. The molecule has 1 atom stereocenters. The van der Waals surface area contributed by atoms with Gasteiger partial charge in [-0.3, -0.25) is 4.79 Å². The van der Waals surface area contributed by atoms with E-state index in [1.807, 2.05) is 13.0 Å². The fraction of sp³-hybridized carbons (Fsp3) is 0.533. The van der Waals surface area contributed by atoms with Crippen molar-refractivity contribution < 1.29 is 4.79 Å². The Morgan fingerprint density at radius 1 is 1.22 bits per heavy atom. The molecule has 0 aromatic heterocycles. The summed E-state index contributed by atoms with van der Waals surface area (Å²) in [5, 5.41) is 3.00. The Labute approximate surface area is 110 Å². The van der Waals surface area contributed by atoms with Crippen LogP contribution < -0.4 is 11.1 Å². The van der Waals surface area contributed by atoms with Gasteiger partial charge in [0, 0.05) is 5.69 Å². The summed E-state index contributed by atoms with van der Waals surface area (Å²) in [6, 6.07) is 5.74. The fourth-order valence-electron chi connectivity index (χ4n) is 2.06. The molecule has 3 heteroatoms. The Hall–Kier alpha value is -1.35. The summed E-state index contributed by atoms with van der Waals surface area (Å²) in [7, 11) is 0. The van der Waals surface area contributed by atoms with E-state index in [2.05, 4.69) is 31.3 Å². The monoisotopic (exact) mass is 248 g/mol. The molecule has 0 radical (unpaired) electrons. The number of rotatable bonds is 6. The van der Waals surface area contributed by atoms with Crippen LogP contribution in [0.4, 0.5) is 5.69 Å². The average Bonchev–Trinajstić information content (AvgIpc) is 2.39. The molecule has 0 unspecified atom stereocenters. The molecule has 1 rings (SSSR count). The molecule has 0 heterocycles. The zero-order valence-electron chi connectivity index (χ0n) is 11.6. The van der Waals surface area contributed by atoms with Gasteiger partial charge in [-0.1, -0.05) is 45.4 Å². The summed E-state index contributed by atoms with van der Waals surface area (Å²) in [6.07, 6.45) is 3.46. The van der Waals surface area contributed by atoms with E-state index in [1.165, 1.54) is 11.1 Å². The summed E-state index contributed by atoms with van der Waals surface area (Å²) in [5.41, 5.74) is 9.15. The van der Waals surface area contributed by atoms with Crippen molar-refractivity contribution in [2.45, 2.75) is 52.5 Å². The number of nitrogens with one attached hydrogen (secondary N) is 1. The lowest BCUT2D eigenvalue weighted by atomic mass is 10.0. The smallest absolute Gasteiger partial charge is 0.241 e. The Kier molecular flexibility index (Phi) is 5.86. The van der Waals surface area contributed by atoms with Gasteiger partial charge in [0.15, 0.2) is 0 Å². The molecule has 1 aromatic rings. The first-order chi connectivity index (χ1) is 8.63. The highest BCUT2D eigenvalue weighted by Gasteiger charge is 2.15. The number of para-hydroxylation sites is 1. The molecule has 0 fully saturated rings. The first-order valence-electron chi connectivity index (χ1n) is 6.81. The number of hydrogen-bond donors (Lipinski definition) is 2. The van der Waals surface area contributed by atoms with Crippen LogP contribution in [0.15, 0.2) is 18.2 Å². The molecular formula is C15H24N2O. The fourth-order valence-corrected chi connectivity index (χ4v) is 2.06. The van der Waals surface area contributed by atoms with Crippen molar-refractivity contribution in [3.8, 4) is 0 Å². The number of aryl methyl sites for hydroxylation is 2. The molecular weight excluding hydrogens is 224 g/mol. The minimum atomic E-state index is -0.412. The highest BCUT2D eigenvalue weighted by molar-refractivity contribution is 5.96. The maximum atomic E-state index is 12.0. The molecule has 3 nitrogen and oxygen atoms in total. The Balaban J connectivity index is 2.91. The van der Waals surface area contributed by atoms with Gasteiger partial charge >= 0.3 is 0 Å². The summed E-state index contributed by atoms with van der Waals surface area (Å²) < 4.78 is 0. The van der Waals surface area contributed by atoms with Crippen molar-refractivity contribution in [3.05, 3.63) is 29.3 Å². The van der Waals surface area contributed by atoms with E-state index < -0.39 is 6.04 Å². The average molecular weight is 248 g/mol. The highest BCUT2D eigenvalue weighted by Crippen LogP contribution is 2.22. The molecule has 0 saturated carbocycles. The number of carbonyl (C=O) groups is 1. The molecule has 0 bridgehead atoms. The highest BCUT2D eigenvalue weighted by atomic mass is 16.2. The first-order valence-corrected chi connectivity index (χ1v) is 6.81. The molecule has 0 aliphatic rings.